The summed E-state index contributed by atoms with van der Waals surface area (Å²) >= 11 is 3.27. The van der Waals surface area contributed by atoms with Crippen LogP contribution < -0.4 is 14.7 Å². The third-order valence-corrected chi connectivity index (χ3v) is 0. The van der Waals surface area contributed by atoms with Gasteiger partial charge in [0.15, 0.2) is 0 Å². The molecule has 0 rings (SSSR count). The summed E-state index contributed by atoms with van der Waals surface area (Å²) in [5.74, 6) is 0. The van der Waals surface area contributed by atoms with E-state index >= 15 is 0 Å². The molecule has 32 valence electrons. The van der Waals surface area contributed by atoms with E-state index in [-0.39, 0.29) is 8.41 Å². The van der Waals surface area contributed by atoms with Gasteiger partial charge in [-0.15, -0.1) is 0 Å². The summed E-state index contributed by atoms with van der Waals surface area (Å²) in [6, 6.07) is 0. The Morgan fingerprint density at radius 1 is 1.17 bits per heavy atom. The molecule has 6 heavy (non-hydrogen) atoms. The maximum absolute atomic E-state index is 8.92. The van der Waals surface area contributed by atoms with Crippen molar-refractivity contribution in [1.29, 1.82) is 0 Å². The van der Waals surface area contributed by atoms with Crippen LogP contribution in [0.4, 0.5) is 0 Å². The second-order valence-corrected chi connectivity index (χ2v) is 2.68. The molecule has 0 bridgehead atoms. The molecule has 0 aliphatic heterocycles. The summed E-state index contributed by atoms with van der Waals surface area (Å²) in [6.45, 7) is -4.56. The predicted octanol–water partition coefficient (Wildman–Crippen LogP) is -3.09. The predicted molar refractivity (Wildman–Crippen MR) is 20.0 cm³/mol. The van der Waals surface area contributed by atoms with Crippen molar-refractivity contribution in [3.8, 4) is 0 Å². The van der Waals surface area contributed by atoms with E-state index in [1.807, 2.05) is 0 Å². The van der Waals surface area contributed by atoms with Gasteiger partial charge in [0, 0.05) is 0 Å². The van der Waals surface area contributed by atoms with Gasteiger partial charge in [0.25, 0.3) is 0 Å². The van der Waals surface area contributed by atoms with E-state index in [0.29, 0.717) is 0 Å². The summed E-state index contributed by atoms with van der Waals surface area (Å²) in [5, 5.41) is 0. The van der Waals surface area contributed by atoms with E-state index in [4.69, 9.17) is 14.7 Å². The van der Waals surface area contributed by atoms with Gasteiger partial charge in [-0.2, -0.15) is 11.8 Å². The maximum atomic E-state index is 8.92. The Balaban J connectivity index is 0. The van der Waals surface area contributed by atoms with Crippen molar-refractivity contribution in [3.63, 3.8) is 0 Å². The standard InChI is InChI=1S/B.H3O3PS/c;1-4(2,3)5/h;(H3,1,2,3,5)/q+3;/p-3. The Kier molecular flexibility index (Phi) is 4.43. The zero-order valence-corrected chi connectivity index (χ0v) is 4.37. The third kappa shape index (κ3) is 168. The minimum absolute atomic E-state index is 0. The minimum atomic E-state index is -4.56. The van der Waals surface area contributed by atoms with Gasteiger partial charge in [-0.3, -0.25) is 0 Å². The largest absolute Gasteiger partial charge is 3.00 e. The van der Waals surface area contributed by atoms with Gasteiger partial charge in [-0.05, 0) is 0 Å². The fourth-order valence-electron chi connectivity index (χ4n) is 0. The van der Waals surface area contributed by atoms with Gasteiger partial charge in [0.05, 0.1) is 0 Å². The van der Waals surface area contributed by atoms with Gasteiger partial charge in [-0.25, -0.2) is 0 Å². The van der Waals surface area contributed by atoms with Gasteiger partial charge in [0.2, 0.25) is 0 Å². The van der Waals surface area contributed by atoms with Crippen LogP contribution in [0.1, 0.15) is 0 Å². The summed E-state index contributed by atoms with van der Waals surface area (Å²) in [6.07, 6.45) is 0. The van der Waals surface area contributed by atoms with Crippen molar-refractivity contribution in [2.45, 2.75) is 0 Å². The van der Waals surface area contributed by atoms with Crippen molar-refractivity contribution in [2.24, 2.45) is 0 Å². The number of hydrogen-bond donors (Lipinski definition) is 0. The van der Waals surface area contributed by atoms with E-state index in [2.05, 4.69) is 11.8 Å². The molecule has 3 nitrogen and oxygen atoms in total. The van der Waals surface area contributed by atoms with Gasteiger partial charge < -0.3 is 21.4 Å². The van der Waals surface area contributed by atoms with Crippen LogP contribution in [0.2, 0.25) is 0 Å². The third-order valence-electron chi connectivity index (χ3n) is 0. The van der Waals surface area contributed by atoms with Crippen LogP contribution in [0.3, 0.4) is 0 Å². The molecule has 0 radical (unpaired) electrons. The topological polar surface area (TPSA) is 69.2 Å². The SMILES string of the molecule is [B+3].[O-]P([O-])([O-])=S. The van der Waals surface area contributed by atoms with E-state index in [1.165, 1.54) is 0 Å². The Labute approximate surface area is 42.5 Å². The fourth-order valence-corrected chi connectivity index (χ4v) is 0. The Morgan fingerprint density at radius 3 is 1.17 bits per heavy atom. The number of rotatable bonds is 0. The van der Waals surface area contributed by atoms with Crippen LogP contribution in [0, 0.1) is 0 Å². The quantitative estimate of drug-likeness (QED) is 0.252. The zero-order valence-electron chi connectivity index (χ0n) is 2.66. The molecule has 0 aromatic rings. The van der Waals surface area contributed by atoms with Crippen molar-refractivity contribution >= 4 is 26.9 Å². The molecule has 0 heterocycles. The van der Waals surface area contributed by atoms with Crippen LogP contribution in [0.5, 0.6) is 0 Å². The zero-order chi connectivity index (χ0) is 4.50. The monoisotopic (exact) mass is 122 g/mol. The first kappa shape index (κ1) is 9.78. The van der Waals surface area contributed by atoms with Gasteiger partial charge >= 0.3 is 8.41 Å². The van der Waals surface area contributed by atoms with E-state index in [1.54, 1.807) is 0 Å². The van der Waals surface area contributed by atoms with Crippen LogP contribution in [-0.2, 0) is 11.8 Å². The average Bonchev–Trinajstić information content (AvgIpc) is 0.722. The second-order valence-electron chi connectivity index (χ2n) is 0.447. The minimum Gasteiger partial charge on any atom is -0.844 e. The fraction of sp³-hybridized carbons (Fsp3) is 0. The molecule has 0 saturated carbocycles. The molecule has 0 aromatic heterocycles. The van der Waals surface area contributed by atoms with Crippen LogP contribution >= 0.6 is 6.72 Å². The summed E-state index contributed by atoms with van der Waals surface area (Å²) in [4.78, 5) is 26.8. The van der Waals surface area contributed by atoms with Crippen molar-refractivity contribution in [2.75, 3.05) is 0 Å². The maximum Gasteiger partial charge on any atom is 3.00 e. The molecular weight excluding hydrogens is 122 g/mol. The molecule has 0 saturated heterocycles. The van der Waals surface area contributed by atoms with E-state index in [0.717, 1.165) is 0 Å². The second kappa shape index (κ2) is 2.72. The smallest absolute Gasteiger partial charge is 0.844 e. The molecule has 0 amide bonds. The molecule has 0 aromatic carbocycles. The van der Waals surface area contributed by atoms with Crippen molar-refractivity contribution < 1.29 is 14.7 Å². The number of hydrogen-bond acceptors (Lipinski definition) is 4. The molecule has 0 spiro atoms. The normalized spacial score (nSPS) is 9.83. The van der Waals surface area contributed by atoms with Gasteiger partial charge in [0.1, 0.15) is 0 Å². The summed E-state index contributed by atoms with van der Waals surface area (Å²) in [7, 11) is 0. The first-order valence-electron chi connectivity index (χ1n) is 0.730. The molecule has 0 aliphatic carbocycles. The van der Waals surface area contributed by atoms with Crippen LogP contribution in [0.15, 0.2) is 0 Å². The molecule has 0 N–H and O–H groups in total. The summed E-state index contributed by atoms with van der Waals surface area (Å²) in [5.41, 5.74) is 0. The average molecular weight is 122 g/mol. The molecular formula is BO3PS. The Morgan fingerprint density at radius 2 is 1.17 bits per heavy atom. The Bertz CT molecular complexity index is 56.9. The van der Waals surface area contributed by atoms with E-state index < -0.39 is 6.72 Å². The molecule has 0 fully saturated rings. The molecule has 6 heteroatoms. The van der Waals surface area contributed by atoms with E-state index in [9.17, 15) is 0 Å². The molecule has 0 atom stereocenters. The Hall–Kier alpha value is 0.595. The molecule has 0 aliphatic rings. The van der Waals surface area contributed by atoms with Gasteiger partial charge in [-0.1, -0.05) is 0 Å². The first-order chi connectivity index (χ1) is 2.00. The summed E-state index contributed by atoms with van der Waals surface area (Å²) < 4.78 is 0. The van der Waals surface area contributed by atoms with Crippen LogP contribution in [0.25, 0.3) is 0 Å². The molecule has 0 unspecified atom stereocenters. The van der Waals surface area contributed by atoms with Crippen LogP contribution in [-0.4, -0.2) is 8.41 Å². The van der Waals surface area contributed by atoms with Crippen molar-refractivity contribution in [3.05, 3.63) is 0 Å². The first-order valence-corrected chi connectivity index (χ1v) is 3.29. The van der Waals surface area contributed by atoms with Crippen molar-refractivity contribution in [1.82, 2.24) is 0 Å².